The van der Waals surface area contributed by atoms with Crippen LogP contribution in [0.15, 0.2) is 85.7 Å². The Morgan fingerprint density at radius 3 is 1.60 bits per heavy atom. The van der Waals surface area contributed by atoms with Gasteiger partial charge in [0, 0.05) is 56.0 Å². The van der Waals surface area contributed by atoms with E-state index in [1.54, 1.807) is 60.7 Å². The molecule has 26 heteroatoms. The Morgan fingerprint density at radius 2 is 1.09 bits per heavy atom. The Kier molecular flexibility index (Phi) is 24.8. The van der Waals surface area contributed by atoms with E-state index in [0.717, 1.165) is 0 Å². The van der Waals surface area contributed by atoms with Gasteiger partial charge >= 0.3 is 5.97 Å². The second kappa shape index (κ2) is 31.9. The molecule has 5 rings (SSSR count). The summed E-state index contributed by atoms with van der Waals surface area (Å²) in [5.41, 5.74) is 19.9. The molecule has 1 saturated heterocycles. The number of nitrogens with one attached hydrogen (secondary N) is 9. The van der Waals surface area contributed by atoms with Gasteiger partial charge in [-0.05, 0) is 69.2 Å². The number of aliphatic hydroxyl groups is 1. The van der Waals surface area contributed by atoms with Crippen LogP contribution in [0.1, 0.15) is 73.9 Å². The number of amides is 8. The molecule has 0 bridgehead atoms. The van der Waals surface area contributed by atoms with Crippen molar-refractivity contribution >= 4 is 53.2 Å². The van der Waals surface area contributed by atoms with E-state index < -0.39 is 115 Å². The third-order valence-corrected chi connectivity index (χ3v) is 13.0. The quantitative estimate of drug-likeness (QED) is 0.0213. The molecule has 78 heavy (non-hydrogen) atoms. The van der Waals surface area contributed by atoms with Crippen molar-refractivity contribution in [2.75, 3.05) is 32.8 Å². The molecule has 0 saturated carbocycles. The number of carbonyl (C=O) groups is 9. The number of carbonyl (C=O) groups excluding carboxylic acids is 8. The fraction of sp³-hybridized carbons (Fsp3) is 0.481. The van der Waals surface area contributed by atoms with E-state index >= 15 is 0 Å². The zero-order chi connectivity index (χ0) is 56.4. The number of benzene rings is 2. The van der Waals surface area contributed by atoms with Crippen molar-refractivity contribution in [1.29, 1.82) is 0 Å². The Morgan fingerprint density at radius 1 is 0.603 bits per heavy atom. The molecule has 1 aliphatic rings. The number of H-pyrrole nitrogens is 2. The summed E-state index contributed by atoms with van der Waals surface area (Å²) >= 11 is 0. The van der Waals surface area contributed by atoms with Crippen LogP contribution in [0.2, 0.25) is 0 Å². The van der Waals surface area contributed by atoms with Gasteiger partial charge in [0.05, 0.1) is 31.8 Å². The van der Waals surface area contributed by atoms with Crippen molar-refractivity contribution in [3.8, 4) is 0 Å². The zero-order valence-corrected chi connectivity index (χ0v) is 43.4. The van der Waals surface area contributed by atoms with Crippen molar-refractivity contribution < 1.29 is 53.4 Å². The minimum Gasteiger partial charge on any atom is -0.480 e. The molecule has 4 aromatic rings. The Bertz CT molecular complexity index is 2560. The topological polar surface area (TPSA) is 417 Å². The highest BCUT2D eigenvalue weighted by Crippen LogP contribution is 2.21. The van der Waals surface area contributed by atoms with Gasteiger partial charge in [0.1, 0.15) is 42.3 Å². The number of carboxylic acids is 1. The second-order valence-corrected chi connectivity index (χ2v) is 19.0. The lowest BCUT2D eigenvalue weighted by atomic mass is 10.0. The fourth-order valence-corrected chi connectivity index (χ4v) is 8.75. The van der Waals surface area contributed by atoms with Crippen molar-refractivity contribution in [2.24, 2.45) is 17.2 Å². The zero-order valence-electron chi connectivity index (χ0n) is 43.4. The van der Waals surface area contributed by atoms with Crippen molar-refractivity contribution in [3.05, 3.63) is 108 Å². The van der Waals surface area contributed by atoms with Crippen molar-refractivity contribution in [3.63, 3.8) is 0 Å². The third-order valence-electron chi connectivity index (χ3n) is 13.0. The average Bonchev–Trinajstić information content (AvgIpc) is 4.26. The number of nitrogens with two attached hydrogens (primary N) is 3. The summed E-state index contributed by atoms with van der Waals surface area (Å²) in [5.74, 6) is -7.33. The summed E-state index contributed by atoms with van der Waals surface area (Å²) in [6.07, 6.45) is 8.68. The third kappa shape index (κ3) is 19.5. The van der Waals surface area contributed by atoms with Crippen LogP contribution in [-0.2, 0) is 68.8 Å². The monoisotopic (exact) mass is 1080 g/mol. The van der Waals surface area contributed by atoms with Crippen LogP contribution in [0.5, 0.6) is 0 Å². The summed E-state index contributed by atoms with van der Waals surface area (Å²) < 4.78 is 0. The first kappa shape index (κ1) is 60.8. The van der Waals surface area contributed by atoms with E-state index in [-0.39, 0.29) is 45.1 Å². The molecule has 2 aromatic carbocycles. The molecule has 26 nitrogen and oxygen atoms in total. The van der Waals surface area contributed by atoms with E-state index in [0.29, 0.717) is 74.1 Å². The molecule has 8 atom stereocenters. The van der Waals surface area contributed by atoms with Crippen LogP contribution in [0, 0.1) is 0 Å². The predicted molar refractivity (Wildman–Crippen MR) is 283 cm³/mol. The lowest BCUT2D eigenvalue weighted by Crippen LogP contribution is -2.60. The number of hydrogen-bond donors (Lipinski definition) is 14. The van der Waals surface area contributed by atoms with E-state index in [9.17, 15) is 53.4 Å². The first-order chi connectivity index (χ1) is 37.6. The van der Waals surface area contributed by atoms with Crippen LogP contribution >= 0.6 is 0 Å². The number of aliphatic carboxylic acids is 1. The summed E-state index contributed by atoms with van der Waals surface area (Å²) in [5, 5.41) is 37.2. The SMILES string of the molecule is NCCCCC(N)C(=O)NC(Cc1cnc[nH]1)C(=O)NC(Cc1ccccc1)C(=O)NC(CCCCN)C(=O)N1CCCC1C(=O)NC(Cc1cnc[nH]1)C(=O)NCC(=O)NC(Cc1ccccc1)C(=O)NC(CO)C(=O)O. The normalized spacial score (nSPS) is 15.7. The Labute approximate surface area is 451 Å². The van der Waals surface area contributed by atoms with Gasteiger partial charge in [-0.15, -0.1) is 0 Å². The van der Waals surface area contributed by atoms with E-state index in [1.807, 2.05) is 0 Å². The van der Waals surface area contributed by atoms with Gasteiger partial charge in [-0.2, -0.15) is 0 Å². The number of aromatic amines is 2. The molecule has 0 spiro atoms. The standard InChI is InChI=1S/C52H73N15O11/c53-19-9-7-16-36(55)45(70)63-41(25-35-27-57-31-60-35)49(74)64-39(23-33-14-5-2-6-15-33)48(73)62-37(17-8-10-20-54)51(76)67-21-11-18-43(67)50(75)65-40(24-34-26-56-30-59-34)46(71)58-28-44(69)61-38(22-32-12-3-1-4-13-32)47(72)66-42(29-68)52(77)78/h1-6,12-15,26-27,30-31,36-43,68H,7-11,16-25,28-29,53-55H2,(H,56,59)(H,57,60)(H,58,71)(H,61,69)(H,62,73)(H,63,70)(H,64,74)(H,65,75)(H,66,72)(H,77,78). The number of aromatic nitrogens is 4. The fourth-order valence-electron chi connectivity index (χ4n) is 8.75. The average molecular weight is 1080 g/mol. The molecular weight excluding hydrogens is 1010 g/mol. The smallest absolute Gasteiger partial charge is 0.328 e. The van der Waals surface area contributed by atoms with Gasteiger partial charge in [0.15, 0.2) is 0 Å². The first-order valence-electron chi connectivity index (χ1n) is 26.0. The number of nitrogens with zero attached hydrogens (tertiary/aromatic N) is 3. The van der Waals surface area contributed by atoms with E-state index in [4.69, 9.17) is 17.2 Å². The van der Waals surface area contributed by atoms with Gasteiger partial charge in [0.2, 0.25) is 47.3 Å². The van der Waals surface area contributed by atoms with Crippen LogP contribution in [0.4, 0.5) is 0 Å². The molecular formula is C52H73N15O11. The molecule has 1 aliphatic heterocycles. The highest BCUT2D eigenvalue weighted by atomic mass is 16.4. The van der Waals surface area contributed by atoms with Crippen LogP contribution in [0.25, 0.3) is 0 Å². The minimum atomic E-state index is -1.65. The number of hydrogen-bond acceptors (Lipinski definition) is 15. The largest absolute Gasteiger partial charge is 0.480 e. The highest BCUT2D eigenvalue weighted by molar-refractivity contribution is 5.98. The maximum atomic E-state index is 14.7. The van der Waals surface area contributed by atoms with Crippen LogP contribution < -0.4 is 54.4 Å². The predicted octanol–water partition coefficient (Wildman–Crippen LogP) is -2.92. The van der Waals surface area contributed by atoms with E-state index in [1.165, 1.54) is 29.9 Å². The number of unbranched alkanes of at least 4 members (excludes halogenated alkanes) is 2. The molecule has 1 fully saturated rings. The molecule has 0 radical (unpaired) electrons. The Hall–Kier alpha value is -8.07. The number of imidazole rings is 2. The first-order valence-corrected chi connectivity index (χ1v) is 26.0. The van der Waals surface area contributed by atoms with Crippen LogP contribution in [0.3, 0.4) is 0 Å². The molecule has 8 unspecified atom stereocenters. The summed E-state index contributed by atoms with van der Waals surface area (Å²) in [4.78, 5) is 138. The maximum Gasteiger partial charge on any atom is 0.328 e. The lowest BCUT2D eigenvalue weighted by Gasteiger charge is -2.31. The van der Waals surface area contributed by atoms with E-state index in [2.05, 4.69) is 57.2 Å². The van der Waals surface area contributed by atoms with Crippen molar-refractivity contribution in [2.45, 2.75) is 125 Å². The summed E-state index contributed by atoms with van der Waals surface area (Å²) in [7, 11) is 0. The molecule has 422 valence electrons. The summed E-state index contributed by atoms with van der Waals surface area (Å²) in [6.45, 7) is -0.749. The molecule has 17 N–H and O–H groups in total. The number of carboxylic acid groups (broad SMARTS) is 1. The Balaban J connectivity index is 1.31. The van der Waals surface area contributed by atoms with Crippen LogP contribution in [-0.4, -0.2) is 169 Å². The lowest BCUT2D eigenvalue weighted by molar-refractivity contribution is -0.143. The van der Waals surface area contributed by atoms with Gasteiger partial charge in [-0.1, -0.05) is 67.1 Å². The summed E-state index contributed by atoms with van der Waals surface area (Å²) in [6, 6.07) is 7.40. The molecule has 0 aliphatic carbocycles. The van der Waals surface area contributed by atoms with Gasteiger partial charge in [0.25, 0.3) is 0 Å². The number of likely N-dealkylation sites (tertiary alicyclic amines) is 1. The molecule has 8 amide bonds. The maximum absolute atomic E-state index is 14.7. The molecule has 2 aromatic heterocycles. The number of rotatable bonds is 33. The second-order valence-electron chi connectivity index (χ2n) is 19.0. The number of aliphatic hydroxyl groups excluding tert-OH is 1. The highest BCUT2D eigenvalue weighted by Gasteiger charge is 2.40. The van der Waals surface area contributed by atoms with Gasteiger partial charge < -0.3 is 79.5 Å². The molecule has 3 heterocycles. The minimum absolute atomic E-state index is 0.0108. The van der Waals surface area contributed by atoms with Crippen molar-refractivity contribution in [1.82, 2.24) is 62.1 Å². The van der Waals surface area contributed by atoms with Gasteiger partial charge in [-0.3, -0.25) is 38.4 Å². The van der Waals surface area contributed by atoms with Gasteiger partial charge in [-0.25, -0.2) is 14.8 Å².